The molecule has 0 unspecified atom stereocenters. The van der Waals surface area contributed by atoms with E-state index in [9.17, 15) is 9.18 Å². The van der Waals surface area contributed by atoms with Gasteiger partial charge in [0.05, 0.1) is 11.4 Å². The molecule has 0 saturated heterocycles. The second kappa shape index (κ2) is 5.34. The first kappa shape index (κ1) is 12.8. The molecule has 0 aliphatic rings. The minimum Gasteiger partial charge on any atom is -0.396 e. The predicted molar refractivity (Wildman–Crippen MR) is 77.9 cm³/mol. The molecule has 1 amide bonds. The fraction of sp³-hybridized carbons (Fsp3) is 0. The summed E-state index contributed by atoms with van der Waals surface area (Å²) in [5.74, 6) is -0.955. The van der Waals surface area contributed by atoms with Gasteiger partial charge >= 0.3 is 0 Å². The van der Waals surface area contributed by atoms with Crippen LogP contribution in [0.5, 0.6) is 0 Å². The van der Waals surface area contributed by atoms with Crippen molar-refractivity contribution in [3.05, 3.63) is 57.4 Å². The average molecular weight is 356 g/mol. The summed E-state index contributed by atoms with van der Waals surface area (Å²) < 4.78 is 14.2. The largest absolute Gasteiger partial charge is 0.396 e. The lowest BCUT2D eigenvalue weighted by atomic mass is 10.2. The number of para-hydroxylation sites is 1. The number of benzene rings is 2. The number of rotatable bonds is 2. The van der Waals surface area contributed by atoms with Crippen LogP contribution in [0.2, 0.25) is 0 Å². The normalized spacial score (nSPS) is 10.1. The van der Waals surface area contributed by atoms with Crippen molar-refractivity contribution < 1.29 is 9.18 Å². The minimum absolute atomic E-state index is 0.0286. The summed E-state index contributed by atoms with van der Waals surface area (Å²) in [6.45, 7) is 0. The van der Waals surface area contributed by atoms with E-state index in [1.54, 1.807) is 6.07 Å². The Labute approximate surface area is 117 Å². The van der Waals surface area contributed by atoms with Gasteiger partial charge in [0.25, 0.3) is 5.91 Å². The number of nitrogens with two attached hydrogens (primary N) is 1. The molecule has 3 N–H and O–H groups in total. The van der Waals surface area contributed by atoms with Crippen LogP contribution in [-0.2, 0) is 0 Å². The zero-order chi connectivity index (χ0) is 13.1. The van der Waals surface area contributed by atoms with Crippen molar-refractivity contribution in [3.8, 4) is 0 Å². The van der Waals surface area contributed by atoms with Crippen LogP contribution in [0.4, 0.5) is 15.8 Å². The van der Waals surface area contributed by atoms with E-state index in [-0.39, 0.29) is 17.2 Å². The van der Waals surface area contributed by atoms with Crippen LogP contribution in [0, 0.1) is 9.39 Å². The number of halogens is 2. The highest BCUT2D eigenvalue weighted by Crippen LogP contribution is 2.19. The SMILES string of the molecule is Nc1ccc(C(=O)Nc2ccccc2I)cc1F. The number of nitrogens with one attached hydrogen (secondary N) is 1. The molecule has 18 heavy (non-hydrogen) atoms. The third-order valence-electron chi connectivity index (χ3n) is 2.38. The van der Waals surface area contributed by atoms with Gasteiger partial charge in [0.2, 0.25) is 0 Å². The number of carbonyl (C=O) groups excluding carboxylic acids is 1. The summed E-state index contributed by atoms with van der Waals surface area (Å²) >= 11 is 2.12. The molecule has 0 bridgehead atoms. The van der Waals surface area contributed by atoms with E-state index < -0.39 is 5.82 Å². The van der Waals surface area contributed by atoms with Gasteiger partial charge in [0.15, 0.2) is 0 Å². The van der Waals surface area contributed by atoms with Crippen molar-refractivity contribution in [3.63, 3.8) is 0 Å². The molecule has 0 spiro atoms. The molecule has 0 aliphatic heterocycles. The number of hydrogen-bond acceptors (Lipinski definition) is 2. The molecule has 0 radical (unpaired) electrons. The van der Waals surface area contributed by atoms with E-state index in [2.05, 4.69) is 27.9 Å². The van der Waals surface area contributed by atoms with Gasteiger partial charge in [-0.1, -0.05) is 12.1 Å². The molecule has 0 aliphatic carbocycles. The highest BCUT2D eigenvalue weighted by molar-refractivity contribution is 14.1. The number of hydrogen-bond donors (Lipinski definition) is 2. The van der Waals surface area contributed by atoms with E-state index in [0.29, 0.717) is 5.69 Å². The van der Waals surface area contributed by atoms with Crippen LogP contribution in [0.15, 0.2) is 42.5 Å². The standard InChI is InChI=1S/C13H10FIN2O/c14-9-7-8(5-6-11(9)16)13(18)17-12-4-2-1-3-10(12)15/h1-7H,16H2,(H,17,18). The van der Waals surface area contributed by atoms with Gasteiger partial charge in [0.1, 0.15) is 5.82 Å². The van der Waals surface area contributed by atoms with Gasteiger partial charge < -0.3 is 11.1 Å². The Bertz CT molecular complexity index is 601. The Kier molecular flexibility index (Phi) is 3.81. The summed E-state index contributed by atoms with van der Waals surface area (Å²) in [5, 5.41) is 2.72. The van der Waals surface area contributed by atoms with E-state index in [1.807, 2.05) is 18.2 Å². The molecule has 2 aromatic carbocycles. The molecule has 0 saturated carbocycles. The van der Waals surface area contributed by atoms with Gasteiger partial charge in [-0.15, -0.1) is 0 Å². The molecule has 5 heteroatoms. The molecule has 0 fully saturated rings. The van der Waals surface area contributed by atoms with Gasteiger partial charge in [-0.2, -0.15) is 0 Å². The van der Waals surface area contributed by atoms with Crippen LogP contribution in [0.25, 0.3) is 0 Å². The maximum atomic E-state index is 13.3. The van der Waals surface area contributed by atoms with Crippen LogP contribution < -0.4 is 11.1 Å². The second-order valence-electron chi connectivity index (χ2n) is 3.67. The highest BCUT2D eigenvalue weighted by Gasteiger charge is 2.09. The molecule has 2 rings (SSSR count). The molecular weight excluding hydrogens is 346 g/mol. The third-order valence-corrected chi connectivity index (χ3v) is 3.33. The molecule has 92 valence electrons. The predicted octanol–water partition coefficient (Wildman–Crippen LogP) is 3.26. The van der Waals surface area contributed by atoms with Crippen molar-refractivity contribution in [1.29, 1.82) is 0 Å². The zero-order valence-electron chi connectivity index (χ0n) is 9.28. The summed E-state index contributed by atoms with van der Waals surface area (Å²) in [7, 11) is 0. The Hall–Kier alpha value is -1.63. The van der Waals surface area contributed by atoms with Crippen LogP contribution in [0.3, 0.4) is 0 Å². The quantitative estimate of drug-likeness (QED) is 0.641. The number of anilines is 2. The molecule has 0 atom stereocenters. The number of nitrogen functional groups attached to an aromatic ring is 1. The lowest BCUT2D eigenvalue weighted by Crippen LogP contribution is -2.13. The van der Waals surface area contributed by atoms with Crippen LogP contribution in [0.1, 0.15) is 10.4 Å². The molecule has 0 aromatic heterocycles. The third kappa shape index (κ3) is 2.79. The first-order valence-electron chi connectivity index (χ1n) is 5.19. The second-order valence-corrected chi connectivity index (χ2v) is 4.83. The molecule has 3 nitrogen and oxygen atoms in total. The summed E-state index contributed by atoms with van der Waals surface area (Å²) in [6.07, 6.45) is 0. The zero-order valence-corrected chi connectivity index (χ0v) is 11.4. The maximum absolute atomic E-state index is 13.3. The maximum Gasteiger partial charge on any atom is 0.255 e. The summed E-state index contributed by atoms with van der Waals surface area (Å²) in [4.78, 5) is 11.9. The van der Waals surface area contributed by atoms with Crippen molar-refractivity contribution in [2.75, 3.05) is 11.1 Å². The van der Waals surface area contributed by atoms with E-state index >= 15 is 0 Å². The fourth-order valence-corrected chi connectivity index (χ4v) is 1.95. The van der Waals surface area contributed by atoms with Gasteiger partial charge in [-0.05, 0) is 52.9 Å². The summed E-state index contributed by atoms with van der Waals surface area (Å²) in [6, 6.07) is 11.3. The van der Waals surface area contributed by atoms with Crippen LogP contribution >= 0.6 is 22.6 Å². The van der Waals surface area contributed by atoms with E-state index in [4.69, 9.17) is 5.73 Å². The topological polar surface area (TPSA) is 55.1 Å². The lowest BCUT2D eigenvalue weighted by molar-refractivity contribution is 0.102. The first-order chi connectivity index (χ1) is 8.58. The van der Waals surface area contributed by atoms with E-state index in [0.717, 1.165) is 9.64 Å². The van der Waals surface area contributed by atoms with Gasteiger partial charge in [-0.3, -0.25) is 4.79 Å². The average Bonchev–Trinajstić information content (AvgIpc) is 2.35. The fourth-order valence-electron chi connectivity index (χ4n) is 1.43. The lowest BCUT2D eigenvalue weighted by Gasteiger charge is -2.07. The smallest absolute Gasteiger partial charge is 0.255 e. The monoisotopic (exact) mass is 356 g/mol. The minimum atomic E-state index is -0.592. The van der Waals surface area contributed by atoms with Crippen molar-refractivity contribution >= 4 is 39.9 Å². The molecular formula is C13H10FIN2O. The van der Waals surface area contributed by atoms with Gasteiger partial charge in [-0.25, -0.2) is 4.39 Å². The van der Waals surface area contributed by atoms with E-state index in [1.165, 1.54) is 12.1 Å². The molecule has 2 aromatic rings. The van der Waals surface area contributed by atoms with Gasteiger partial charge in [0, 0.05) is 9.13 Å². The van der Waals surface area contributed by atoms with Crippen LogP contribution in [-0.4, -0.2) is 5.91 Å². The summed E-state index contributed by atoms with van der Waals surface area (Å²) in [5.41, 5.74) is 6.32. The van der Waals surface area contributed by atoms with Crippen molar-refractivity contribution in [2.24, 2.45) is 0 Å². The highest BCUT2D eigenvalue weighted by atomic mass is 127. The first-order valence-corrected chi connectivity index (χ1v) is 6.26. The molecule has 0 heterocycles. The Morgan fingerprint density at radius 1 is 1.22 bits per heavy atom. The van der Waals surface area contributed by atoms with Crippen molar-refractivity contribution in [2.45, 2.75) is 0 Å². The number of carbonyl (C=O) groups is 1. The Balaban J connectivity index is 2.22. The number of amides is 1. The Morgan fingerprint density at radius 2 is 1.94 bits per heavy atom. The van der Waals surface area contributed by atoms with Crippen molar-refractivity contribution in [1.82, 2.24) is 0 Å². The Morgan fingerprint density at radius 3 is 2.61 bits per heavy atom.